The van der Waals surface area contributed by atoms with Crippen molar-refractivity contribution >= 4 is 33.7 Å². The fourth-order valence-corrected chi connectivity index (χ4v) is 2.25. The molecule has 1 atom stereocenters. The van der Waals surface area contributed by atoms with Crippen LogP contribution in [0, 0.1) is 0 Å². The molecule has 0 spiro atoms. The van der Waals surface area contributed by atoms with E-state index >= 15 is 0 Å². The molecule has 0 aromatic heterocycles. The van der Waals surface area contributed by atoms with Crippen molar-refractivity contribution in [2.45, 2.75) is 6.92 Å². The lowest BCUT2D eigenvalue weighted by atomic mass is 10.1. The van der Waals surface area contributed by atoms with Crippen molar-refractivity contribution in [3.63, 3.8) is 0 Å². The van der Waals surface area contributed by atoms with Crippen LogP contribution in [0.3, 0.4) is 0 Å². The van der Waals surface area contributed by atoms with Gasteiger partial charge in [-0.2, -0.15) is 0 Å². The molecule has 0 bridgehead atoms. The number of nitrogens with one attached hydrogen (secondary N) is 1. The Balaban J connectivity index is 2.78. The zero-order valence-corrected chi connectivity index (χ0v) is 12.2. The highest BCUT2D eigenvalue weighted by Gasteiger charge is 2.07. The first-order valence-electron chi connectivity index (χ1n) is 5.65. The number of hydrogen-bond acceptors (Lipinski definition) is 4. The summed E-state index contributed by atoms with van der Waals surface area (Å²) in [6.45, 7) is 2.52. The molecular formula is C12H18N2O2S2. The quantitative estimate of drug-likeness (QED) is 0.744. The molecule has 0 amide bonds. The summed E-state index contributed by atoms with van der Waals surface area (Å²) >= 11 is 4.99. The molecule has 1 unspecified atom stereocenters. The molecule has 3 N–H and O–H groups in total. The first-order chi connectivity index (χ1) is 8.58. The Kier molecular flexibility index (Phi) is 6.07. The predicted molar refractivity (Wildman–Crippen MR) is 80.9 cm³/mol. The maximum atomic E-state index is 11.3. The van der Waals surface area contributed by atoms with Crippen LogP contribution >= 0.6 is 12.2 Å². The minimum absolute atomic E-state index is 0.330. The number of anilines is 1. The second-order valence-electron chi connectivity index (χ2n) is 3.64. The van der Waals surface area contributed by atoms with Crippen molar-refractivity contribution in [2.75, 3.05) is 30.5 Å². The normalized spacial score (nSPS) is 11.9. The largest absolute Gasteiger partial charge is 0.497 e. The summed E-state index contributed by atoms with van der Waals surface area (Å²) in [6, 6.07) is 5.47. The van der Waals surface area contributed by atoms with Crippen LogP contribution in [0.4, 0.5) is 5.69 Å². The first-order valence-corrected chi connectivity index (χ1v) is 7.54. The van der Waals surface area contributed by atoms with Crippen LogP contribution in [0.2, 0.25) is 0 Å². The Labute approximate surface area is 115 Å². The van der Waals surface area contributed by atoms with Crippen LogP contribution in [0.15, 0.2) is 18.2 Å². The lowest BCUT2D eigenvalue weighted by Gasteiger charge is -2.12. The Morgan fingerprint density at radius 1 is 1.56 bits per heavy atom. The van der Waals surface area contributed by atoms with Crippen molar-refractivity contribution in [3.05, 3.63) is 23.8 Å². The van der Waals surface area contributed by atoms with Gasteiger partial charge in [0.1, 0.15) is 10.7 Å². The summed E-state index contributed by atoms with van der Waals surface area (Å²) in [6.07, 6.45) is 0. The van der Waals surface area contributed by atoms with Crippen LogP contribution in [0.1, 0.15) is 12.5 Å². The maximum absolute atomic E-state index is 11.3. The number of hydrogen-bond donors (Lipinski definition) is 2. The highest BCUT2D eigenvalue weighted by molar-refractivity contribution is 7.84. The summed E-state index contributed by atoms with van der Waals surface area (Å²) < 4.78 is 16.5. The molecule has 1 aromatic rings. The Morgan fingerprint density at radius 2 is 2.28 bits per heavy atom. The molecule has 0 radical (unpaired) electrons. The zero-order chi connectivity index (χ0) is 13.5. The Morgan fingerprint density at radius 3 is 2.83 bits per heavy atom. The van der Waals surface area contributed by atoms with Gasteiger partial charge in [0.2, 0.25) is 0 Å². The topological polar surface area (TPSA) is 64.3 Å². The van der Waals surface area contributed by atoms with E-state index in [0.29, 0.717) is 23.0 Å². The van der Waals surface area contributed by atoms with E-state index in [9.17, 15) is 4.21 Å². The summed E-state index contributed by atoms with van der Waals surface area (Å²) in [5.74, 6) is 2.00. The van der Waals surface area contributed by atoms with E-state index in [-0.39, 0.29) is 0 Å². The number of thiocarbonyl (C=S) groups is 1. The molecule has 0 aliphatic heterocycles. The van der Waals surface area contributed by atoms with Crippen LogP contribution in [0.5, 0.6) is 5.75 Å². The molecule has 1 rings (SSSR count). The van der Waals surface area contributed by atoms with Gasteiger partial charge in [-0.15, -0.1) is 0 Å². The molecule has 100 valence electrons. The van der Waals surface area contributed by atoms with Gasteiger partial charge >= 0.3 is 0 Å². The van der Waals surface area contributed by atoms with Gasteiger partial charge < -0.3 is 15.8 Å². The van der Waals surface area contributed by atoms with Gasteiger partial charge in [-0.3, -0.25) is 4.21 Å². The molecule has 0 aliphatic rings. The molecule has 0 fully saturated rings. The molecule has 6 heteroatoms. The highest BCUT2D eigenvalue weighted by Crippen LogP contribution is 2.22. The summed E-state index contributed by atoms with van der Waals surface area (Å²) in [7, 11) is 0.820. The van der Waals surface area contributed by atoms with E-state index < -0.39 is 10.8 Å². The van der Waals surface area contributed by atoms with Crippen molar-refractivity contribution in [1.82, 2.24) is 0 Å². The number of methoxy groups -OCH3 is 1. The molecule has 0 saturated heterocycles. The Hall–Kier alpha value is -1.14. The first kappa shape index (κ1) is 14.9. The third-order valence-corrected chi connectivity index (χ3v) is 3.98. The lowest BCUT2D eigenvalue weighted by molar-refractivity contribution is 0.415. The molecule has 18 heavy (non-hydrogen) atoms. The summed E-state index contributed by atoms with van der Waals surface area (Å²) in [5, 5.41) is 3.19. The van der Waals surface area contributed by atoms with Crippen LogP contribution in [-0.2, 0) is 10.8 Å². The molecule has 0 heterocycles. The van der Waals surface area contributed by atoms with Crippen molar-refractivity contribution < 1.29 is 8.95 Å². The summed E-state index contributed by atoms with van der Waals surface area (Å²) in [5.41, 5.74) is 7.24. The fraction of sp³-hybridized carbons (Fsp3) is 0.417. The monoisotopic (exact) mass is 286 g/mol. The predicted octanol–water partition coefficient (Wildman–Crippen LogP) is 1.51. The van der Waals surface area contributed by atoms with Gasteiger partial charge in [-0.25, -0.2) is 0 Å². The van der Waals surface area contributed by atoms with Crippen molar-refractivity contribution in [2.24, 2.45) is 5.73 Å². The third kappa shape index (κ3) is 4.27. The number of benzene rings is 1. The van der Waals surface area contributed by atoms with E-state index in [2.05, 4.69) is 5.32 Å². The average Bonchev–Trinajstić information content (AvgIpc) is 2.37. The van der Waals surface area contributed by atoms with Crippen molar-refractivity contribution in [3.8, 4) is 5.75 Å². The fourth-order valence-electron chi connectivity index (χ4n) is 1.46. The van der Waals surface area contributed by atoms with Crippen molar-refractivity contribution in [1.29, 1.82) is 0 Å². The van der Waals surface area contributed by atoms with Gasteiger partial charge in [0, 0.05) is 46.2 Å². The van der Waals surface area contributed by atoms with Gasteiger partial charge in [0.15, 0.2) is 0 Å². The SMILES string of the molecule is CCS(=O)CCNc1cc(OC)ccc1C(N)=S. The van der Waals surface area contributed by atoms with E-state index in [1.807, 2.05) is 25.1 Å². The van der Waals surface area contributed by atoms with Gasteiger partial charge in [-0.05, 0) is 12.1 Å². The second-order valence-corrected chi connectivity index (χ2v) is 5.94. The molecule has 4 nitrogen and oxygen atoms in total. The van der Waals surface area contributed by atoms with Gasteiger partial charge in [0.05, 0.1) is 7.11 Å². The van der Waals surface area contributed by atoms with Gasteiger partial charge in [0.25, 0.3) is 0 Å². The second kappa shape index (κ2) is 7.33. The van der Waals surface area contributed by atoms with Crippen LogP contribution in [0.25, 0.3) is 0 Å². The molecule has 0 aliphatic carbocycles. The molecular weight excluding hydrogens is 268 g/mol. The van der Waals surface area contributed by atoms with E-state index in [1.165, 1.54) is 0 Å². The standard InChI is InChI=1S/C12H18N2O2S2/c1-3-18(15)7-6-14-11-8-9(16-2)4-5-10(11)12(13)17/h4-5,8,14H,3,6-7H2,1-2H3,(H2,13,17). The van der Waals surface area contributed by atoms with Crippen LogP contribution in [-0.4, -0.2) is 34.4 Å². The molecule has 1 aromatic carbocycles. The third-order valence-electron chi connectivity index (χ3n) is 2.46. The zero-order valence-electron chi connectivity index (χ0n) is 10.6. The minimum Gasteiger partial charge on any atom is -0.497 e. The van der Waals surface area contributed by atoms with Crippen LogP contribution < -0.4 is 15.8 Å². The molecule has 0 saturated carbocycles. The number of rotatable bonds is 7. The summed E-state index contributed by atoms with van der Waals surface area (Å²) in [4.78, 5) is 0.330. The minimum atomic E-state index is -0.783. The van der Waals surface area contributed by atoms with E-state index in [4.69, 9.17) is 22.7 Å². The van der Waals surface area contributed by atoms with E-state index in [0.717, 1.165) is 17.0 Å². The smallest absolute Gasteiger partial charge is 0.120 e. The maximum Gasteiger partial charge on any atom is 0.120 e. The van der Waals surface area contributed by atoms with E-state index in [1.54, 1.807) is 7.11 Å². The number of nitrogens with two attached hydrogens (primary N) is 1. The lowest BCUT2D eigenvalue weighted by Crippen LogP contribution is -2.17. The highest BCUT2D eigenvalue weighted by atomic mass is 32.2. The average molecular weight is 286 g/mol. The van der Waals surface area contributed by atoms with Gasteiger partial charge in [-0.1, -0.05) is 19.1 Å². The number of ether oxygens (including phenoxy) is 1. The Bertz CT molecular complexity index is 450.